The molecule has 5 heteroatoms. The highest BCUT2D eigenvalue weighted by Crippen LogP contribution is 2.11. The van der Waals surface area contributed by atoms with Crippen LogP contribution in [0.3, 0.4) is 0 Å². The highest BCUT2D eigenvalue weighted by atomic mass is 32.1. The summed E-state index contributed by atoms with van der Waals surface area (Å²) in [5.41, 5.74) is 8.09. The Kier molecular flexibility index (Phi) is 5.36. The zero-order chi connectivity index (χ0) is 15.2. The summed E-state index contributed by atoms with van der Waals surface area (Å²) in [6.07, 6.45) is 1.26. The topological polar surface area (TPSA) is 75.4 Å². The van der Waals surface area contributed by atoms with E-state index in [-0.39, 0.29) is 17.7 Å². The Labute approximate surface area is 128 Å². The van der Waals surface area contributed by atoms with Crippen molar-refractivity contribution in [3.63, 3.8) is 0 Å². The molecule has 2 atom stereocenters. The van der Waals surface area contributed by atoms with Gasteiger partial charge in [0.15, 0.2) is 0 Å². The maximum atomic E-state index is 12.1. The standard InChI is InChI=1S/C16H20N2O2S/c1-11(8-13-6-7-21-10-13)18-16(20)15(17)9-12-2-4-14(19)5-3-12/h2-7,10-11,15,19H,8-9,17H2,1H3,(H,18,20)/t11?,15-/m0/s1. The van der Waals surface area contributed by atoms with Gasteiger partial charge in [0.2, 0.25) is 5.91 Å². The van der Waals surface area contributed by atoms with Crippen LogP contribution in [-0.4, -0.2) is 23.1 Å². The zero-order valence-electron chi connectivity index (χ0n) is 12.0. The van der Waals surface area contributed by atoms with Crippen LogP contribution in [0.1, 0.15) is 18.1 Å². The van der Waals surface area contributed by atoms with E-state index in [0.717, 1.165) is 12.0 Å². The Morgan fingerprint density at radius 1 is 1.24 bits per heavy atom. The van der Waals surface area contributed by atoms with Crippen molar-refractivity contribution >= 4 is 17.2 Å². The average Bonchev–Trinajstić information content (AvgIpc) is 2.94. The highest BCUT2D eigenvalue weighted by Gasteiger charge is 2.16. The molecule has 0 bridgehead atoms. The minimum atomic E-state index is -0.584. The summed E-state index contributed by atoms with van der Waals surface area (Å²) in [4.78, 5) is 12.1. The Bertz CT molecular complexity index is 566. The Morgan fingerprint density at radius 2 is 1.95 bits per heavy atom. The molecule has 0 aliphatic heterocycles. The van der Waals surface area contributed by atoms with Gasteiger partial charge in [0.1, 0.15) is 5.75 Å². The van der Waals surface area contributed by atoms with Gasteiger partial charge in [-0.1, -0.05) is 12.1 Å². The van der Waals surface area contributed by atoms with E-state index < -0.39 is 6.04 Å². The summed E-state index contributed by atoms with van der Waals surface area (Å²) in [6.45, 7) is 1.98. The fraction of sp³-hybridized carbons (Fsp3) is 0.312. The van der Waals surface area contributed by atoms with Gasteiger partial charge in [0, 0.05) is 6.04 Å². The molecule has 4 nitrogen and oxygen atoms in total. The number of thiophene rings is 1. The summed E-state index contributed by atoms with van der Waals surface area (Å²) >= 11 is 1.65. The third-order valence-corrected chi connectivity index (χ3v) is 3.97. The number of hydrogen-bond acceptors (Lipinski definition) is 4. The molecule has 2 rings (SSSR count). The zero-order valence-corrected chi connectivity index (χ0v) is 12.8. The molecule has 112 valence electrons. The van der Waals surface area contributed by atoms with Crippen LogP contribution in [0.5, 0.6) is 5.75 Å². The van der Waals surface area contributed by atoms with Crippen LogP contribution in [0.15, 0.2) is 41.1 Å². The lowest BCUT2D eigenvalue weighted by molar-refractivity contribution is -0.122. The van der Waals surface area contributed by atoms with Crippen molar-refractivity contribution in [1.29, 1.82) is 0 Å². The maximum Gasteiger partial charge on any atom is 0.237 e. The van der Waals surface area contributed by atoms with Gasteiger partial charge in [-0.25, -0.2) is 0 Å². The van der Waals surface area contributed by atoms with E-state index in [1.54, 1.807) is 35.6 Å². The van der Waals surface area contributed by atoms with Gasteiger partial charge in [-0.15, -0.1) is 0 Å². The Balaban J connectivity index is 1.83. The van der Waals surface area contributed by atoms with Crippen molar-refractivity contribution in [1.82, 2.24) is 5.32 Å². The lowest BCUT2D eigenvalue weighted by Crippen LogP contribution is -2.46. The number of carbonyl (C=O) groups excluding carboxylic acids is 1. The van der Waals surface area contributed by atoms with Crippen molar-refractivity contribution in [3.05, 3.63) is 52.2 Å². The molecule has 0 saturated carbocycles. The van der Waals surface area contributed by atoms with Gasteiger partial charge in [0.05, 0.1) is 6.04 Å². The lowest BCUT2D eigenvalue weighted by atomic mass is 10.0. The molecule has 0 spiro atoms. The van der Waals surface area contributed by atoms with Crippen LogP contribution >= 0.6 is 11.3 Å². The first kappa shape index (κ1) is 15.5. The van der Waals surface area contributed by atoms with Crippen LogP contribution in [0.2, 0.25) is 0 Å². The van der Waals surface area contributed by atoms with E-state index in [1.807, 2.05) is 12.3 Å². The number of carbonyl (C=O) groups is 1. The van der Waals surface area contributed by atoms with E-state index >= 15 is 0 Å². The molecule has 0 aliphatic rings. The molecule has 0 radical (unpaired) electrons. The van der Waals surface area contributed by atoms with Crippen LogP contribution in [-0.2, 0) is 17.6 Å². The number of hydrogen-bond donors (Lipinski definition) is 3. The molecule has 0 saturated heterocycles. The largest absolute Gasteiger partial charge is 0.508 e. The second-order valence-electron chi connectivity index (χ2n) is 5.22. The van der Waals surface area contributed by atoms with Gasteiger partial charge in [-0.05, 0) is 59.9 Å². The van der Waals surface area contributed by atoms with E-state index in [9.17, 15) is 9.90 Å². The van der Waals surface area contributed by atoms with Gasteiger partial charge in [-0.3, -0.25) is 4.79 Å². The molecule has 0 aliphatic carbocycles. The lowest BCUT2D eigenvalue weighted by Gasteiger charge is -2.17. The number of nitrogens with one attached hydrogen (secondary N) is 1. The second-order valence-corrected chi connectivity index (χ2v) is 6.00. The number of nitrogens with two attached hydrogens (primary N) is 1. The van der Waals surface area contributed by atoms with Crippen LogP contribution < -0.4 is 11.1 Å². The fourth-order valence-corrected chi connectivity index (χ4v) is 2.82. The first-order valence-electron chi connectivity index (χ1n) is 6.89. The molecule has 2 aromatic rings. The van der Waals surface area contributed by atoms with E-state index in [4.69, 9.17) is 5.73 Å². The van der Waals surface area contributed by atoms with Gasteiger partial charge < -0.3 is 16.2 Å². The molecule has 0 fully saturated rings. The summed E-state index contributed by atoms with van der Waals surface area (Å²) in [7, 11) is 0. The van der Waals surface area contributed by atoms with Gasteiger partial charge in [-0.2, -0.15) is 11.3 Å². The first-order valence-corrected chi connectivity index (χ1v) is 7.84. The number of benzene rings is 1. The Hall–Kier alpha value is -1.85. The molecular formula is C16H20N2O2S. The summed E-state index contributed by atoms with van der Waals surface area (Å²) in [6, 6.07) is 8.27. The Morgan fingerprint density at radius 3 is 2.57 bits per heavy atom. The van der Waals surface area contributed by atoms with Crippen molar-refractivity contribution in [2.45, 2.75) is 31.8 Å². The minimum Gasteiger partial charge on any atom is -0.508 e. The first-order chi connectivity index (χ1) is 10.0. The number of aromatic hydroxyl groups is 1. The molecule has 1 heterocycles. The van der Waals surface area contributed by atoms with Gasteiger partial charge >= 0.3 is 0 Å². The SMILES string of the molecule is CC(Cc1ccsc1)NC(=O)[C@@H](N)Cc1ccc(O)cc1. The summed E-state index contributed by atoms with van der Waals surface area (Å²) in [5, 5.41) is 16.3. The van der Waals surface area contributed by atoms with Crippen LogP contribution in [0.25, 0.3) is 0 Å². The fourth-order valence-electron chi connectivity index (χ4n) is 2.14. The summed E-state index contributed by atoms with van der Waals surface area (Å²) < 4.78 is 0. The third kappa shape index (κ3) is 4.88. The minimum absolute atomic E-state index is 0.0537. The third-order valence-electron chi connectivity index (χ3n) is 3.24. The highest BCUT2D eigenvalue weighted by molar-refractivity contribution is 7.07. The van der Waals surface area contributed by atoms with Crippen LogP contribution in [0, 0.1) is 0 Å². The van der Waals surface area contributed by atoms with Crippen molar-refractivity contribution < 1.29 is 9.90 Å². The average molecular weight is 304 g/mol. The molecular weight excluding hydrogens is 284 g/mol. The smallest absolute Gasteiger partial charge is 0.237 e. The van der Waals surface area contributed by atoms with Crippen molar-refractivity contribution in [2.24, 2.45) is 5.73 Å². The molecule has 4 N–H and O–H groups in total. The predicted molar refractivity (Wildman–Crippen MR) is 85.4 cm³/mol. The molecule has 1 unspecified atom stereocenters. The predicted octanol–water partition coefficient (Wildman–Crippen LogP) is 2.07. The molecule has 1 aromatic heterocycles. The number of phenols is 1. The quantitative estimate of drug-likeness (QED) is 0.765. The molecule has 21 heavy (non-hydrogen) atoms. The normalized spacial score (nSPS) is 13.6. The summed E-state index contributed by atoms with van der Waals surface area (Å²) in [5.74, 6) is 0.0620. The number of amides is 1. The van der Waals surface area contributed by atoms with Gasteiger partial charge in [0.25, 0.3) is 0 Å². The monoisotopic (exact) mass is 304 g/mol. The number of phenolic OH excluding ortho intramolecular Hbond substituents is 1. The molecule has 1 aromatic carbocycles. The van der Waals surface area contributed by atoms with Crippen molar-refractivity contribution in [2.75, 3.05) is 0 Å². The maximum absolute atomic E-state index is 12.1. The number of rotatable bonds is 6. The van der Waals surface area contributed by atoms with E-state index in [2.05, 4.69) is 16.8 Å². The van der Waals surface area contributed by atoms with Crippen molar-refractivity contribution in [3.8, 4) is 5.75 Å². The van der Waals surface area contributed by atoms with E-state index in [0.29, 0.717) is 6.42 Å². The molecule has 1 amide bonds. The van der Waals surface area contributed by atoms with Crippen LogP contribution in [0.4, 0.5) is 0 Å². The van der Waals surface area contributed by atoms with E-state index in [1.165, 1.54) is 5.56 Å². The second kappa shape index (κ2) is 7.24.